The van der Waals surface area contributed by atoms with Crippen LogP contribution in [0.5, 0.6) is 5.75 Å². The molecule has 166 valence electrons. The van der Waals surface area contributed by atoms with E-state index in [-0.39, 0.29) is 35.3 Å². The quantitative estimate of drug-likeness (QED) is 0.519. The Bertz CT molecular complexity index is 1180. The molecule has 0 aliphatic carbocycles. The van der Waals surface area contributed by atoms with Crippen LogP contribution in [-0.4, -0.2) is 32.4 Å². The molecule has 1 heterocycles. The van der Waals surface area contributed by atoms with Crippen molar-refractivity contribution >= 4 is 16.0 Å². The first-order chi connectivity index (χ1) is 15.3. The van der Waals surface area contributed by atoms with Crippen LogP contribution in [0.4, 0.5) is 0 Å². The second-order valence-corrected chi connectivity index (χ2v) is 9.40. The lowest BCUT2D eigenvalue weighted by Gasteiger charge is -2.37. The van der Waals surface area contributed by atoms with Crippen molar-refractivity contribution in [1.29, 1.82) is 0 Å². The van der Waals surface area contributed by atoms with Crippen LogP contribution in [0.2, 0.25) is 0 Å². The fourth-order valence-electron chi connectivity index (χ4n) is 3.69. The molecule has 4 rings (SSSR count). The Labute approximate surface area is 188 Å². The van der Waals surface area contributed by atoms with Crippen molar-refractivity contribution in [2.75, 3.05) is 13.2 Å². The summed E-state index contributed by atoms with van der Waals surface area (Å²) in [6.45, 7) is 4.31. The molecule has 0 spiro atoms. The molecule has 0 bridgehead atoms. The molecule has 1 amide bonds. The summed E-state index contributed by atoms with van der Waals surface area (Å²) in [4.78, 5) is 14.4. The topological polar surface area (TPSA) is 72.9 Å². The fourth-order valence-corrected chi connectivity index (χ4v) is 4.62. The summed E-state index contributed by atoms with van der Waals surface area (Å²) in [5.41, 5.74) is 2.88. The summed E-state index contributed by atoms with van der Waals surface area (Å²) in [5, 5.41) is 0. The lowest BCUT2D eigenvalue weighted by Crippen LogP contribution is -2.44. The van der Waals surface area contributed by atoms with Gasteiger partial charge < -0.3 is 13.8 Å². The van der Waals surface area contributed by atoms with Crippen molar-refractivity contribution in [3.63, 3.8) is 0 Å². The molecule has 0 saturated carbocycles. The summed E-state index contributed by atoms with van der Waals surface area (Å²) < 4.78 is 36.0. The Morgan fingerprint density at radius 1 is 0.969 bits per heavy atom. The van der Waals surface area contributed by atoms with Crippen LogP contribution in [0.25, 0.3) is 0 Å². The minimum Gasteiger partial charge on any atom is -0.379 e. The number of ether oxygens (including phenoxy) is 1. The summed E-state index contributed by atoms with van der Waals surface area (Å²) >= 11 is 0. The minimum atomic E-state index is -3.91. The summed E-state index contributed by atoms with van der Waals surface area (Å²) in [6, 6.07) is 23.0. The van der Waals surface area contributed by atoms with E-state index in [1.165, 1.54) is 12.1 Å². The predicted molar refractivity (Wildman–Crippen MR) is 121 cm³/mol. The largest absolute Gasteiger partial charge is 0.379 e. The van der Waals surface area contributed by atoms with Crippen LogP contribution in [0.15, 0.2) is 83.8 Å². The van der Waals surface area contributed by atoms with Gasteiger partial charge in [-0.15, -0.1) is 0 Å². The summed E-state index contributed by atoms with van der Waals surface area (Å²) in [6.07, 6.45) is -0.304. The van der Waals surface area contributed by atoms with E-state index in [1.807, 2.05) is 49.1 Å². The summed E-state index contributed by atoms with van der Waals surface area (Å²) in [5.74, 6) is 0.164. The molecule has 1 saturated heterocycles. The van der Waals surface area contributed by atoms with E-state index in [0.29, 0.717) is 6.54 Å². The van der Waals surface area contributed by atoms with Gasteiger partial charge in [0.25, 0.3) is 0 Å². The summed E-state index contributed by atoms with van der Waals surface area (Å²) in [7, 11) is -3.91. The number of rotatable bonds is 6. The molecule has 7 heteroatoms. The van der Waals surface area contributed by atoms with Crippen molar-refractivity contribution in [3.05, 3.63) is 95.6 Å². The van der Waals surface area contributed by atoms with Crippen molar-refractivity contribution in [2.45, 2.75) is 30.9 Å². The van der Waals surface area contributed by atoms with Crippen molar-refractivity contribution in [2.24, 2.45) is 0 Å². The van der Waals surface area contributed by atoms with Crippen molar-refractivity contribution in [1.82, 2.24) is 4.90 Å². The average Bonchev–Trinajstić information content (AvgIpc) is 2.80. The Kier molecular flexibility index (Phi) is 6.30. The fraction of sp³-hybridized carbons (Fsp3) is 0.240. The van der Waals surface area contributed by atoms with Gasteiger partial charge in [0, 0.05) is 0 Å². The highest BCUT2D eigenvalue weighted by molar-refractivity contribution is 7.87. The molecule has 1 aliphatic rings. The highest BCUT2D eigenvalue weighted by atomic mass is 32.2. The van der Waals surface area contributed by atoms with Crippen molar-refractivity contribution in [3.8, 4) is 5.75 Å². The molecule has 1 fully saturated rings. The molecule has 32 heavy (non-hydrogen) atoms. The van der Waals surface area contributed by atoms with Gasteiger partial charge in [-0.2, -0.15) is 8.42 Å². The molecule has 1 aliphatic heterocycles. The van der Waals surface area contributed by atoms with Gasteiger partial charge in [0.1, 0.15) is 23.4 Å². The van der Waals surface area contributed by atoms with E-state index >= 15 is 0 Å². The molecule has 0 N–H and O–H groups in total. The standard InChI is InChI=1S/C25H25NO5S/c1-18-8-14-23(15-9-18)32(28,29)31-22-12-10-21(11-13-22)24-16-26(25(27)17-30-24)19(2)20-6-4-3-5-7-20/h3-15,19,24H,16-17H2,1-2H3/t19-,24-/m0/s1. The first-order valence-corrected chi connectivity index (χ1v) is 11.8. The van der Waals surface area contributed by atoms with Gasteiger partial charge in [-0.3, -0.25) is 4.79 Å². The van der Waals surface area contributed by atoms with Gasteiger partial charge in [0.15, 0.2) is 0 Å². The van der Waals surface area contributed by atoms with Gasteiger partial charge in [-0.05, 0) is 49.2 Å². The molecule has 6 nitrogen and oxygen atoms in total. The van der Waals surface area contributed by atoms with Crippen LogP contribution < -0.4 is 4.18 Å². The van der Waals surface area contributed by atoms with E-state index in [9.17, 15) is 13.2 Å². The Morgan fingerprint density at radius 3 is 2.28 bits per heavy atom. The SMILES string of the molecule is Cc1ccc(S(=O)(=O)Oc2ccc([C@@H]3CN([C@@H](C)c4ccccc4)C(=O)CO3)cc2)cc1. The van der Waals surface area contributed by atoms with Crippen LogP contribution in [0.3, 0.4) is 0 Å². The molecular weight excluding hydrogens is 426 g/mol. The van der Waals surface area contributed by atoms with Crippen LogP contribution in [0.1, 0.15) is 35.8 Å². The number of nitrogens with zero attached hydrogens (tertiary/aromatic N) is 1. The number of carbonyl (C=O) groups is 1. The third-order valence-electron chi connectivity index (χ3n) is 5.61. The number of benzene rings is 3. The zero-order chi connectivity index (χ0) is 22.7. The first kappa shape index (κ1) is 22.0. The highest BCUT2D eigenvalue weighted by Crippen LogP contribution is 2.30. The van der Waals surface area contributed by atoms with Gasteiger partial charge in [0.05, 0.1) is 12.6 Å². The van der Waals surface area contributed by atoms with E-state index in [4.69, 9.17) is 8.92 Å². The second-order valence-electron chi connectivity index (χ2n) is 7.85. The molecular formula is C25H25NO5S. The lowest BCUT2D eigenvalue weighted by atomic mass is 10.0. The monoisotopic (exact) mass is 451 g/mol. The zero-order valence-corrected chi connectivity index (χ0v) is 18.8. The number of morpholine rings is 1. The van der Waals surface area contributed by atoms with Gasteiger partial charge in [-0.25, -0.2) is 0 Å². The Hall–Kier alpha value is -3.16. The van der Waals surface area contributed by atoms with Crippen LogP contribution in [-0.2, 0) is 19.6 Å². The minimum absolute atomic E-state index is 0.00188. The van der Waals surface area contributed by atoms with Crippen LogP contribution in [0, 0.1) is 6.92 Å². The maximum Gasteiger partial charge on any atom is 0.339 e. The number of hydrogen-bond acceptors (Lipinski definition) is 5. The van der Waals surface area contributed by atoms with E-state index in [1.54, 1.807) is 36.4 Å². The Morgan fingerprint density at radius 2 is 1.62 bits per heavy atom. The maximum atomic E-state index is 12.5. The number of hydrogen-bond donors (Lipinski definition) is 0. The molecule has 0 aromatic heterocycles. The van der Waals surface area contributed by atoms with Gasteiger partial charge >= 0.3 is 10.1 Å². The second kappa shape index (κ2) is 9.14. The molecule has 0 radical (unpaired) electrons. The third-order valence-corrected chi connectivity index (χ3v) is 6.87. The van der Waals surface area contributed by atoms with Crippen molar-refractivity contribution < 1.29 is 22.1 Å². The van der Waals surface area contributed by atoms with Gasteiger partial charge in [0.2, 0.25) is 5.91 Å². The normalized spacial score (nSPS) is 17.8. The molecule has 3 aromatic rings. The van der Waals surface area contributed by atoms with Gasteiger partial charge in [-0.1, -0.05) is 60.2 Å². The maximum absolute atomic E-state index is 12.5. The zero-order valence-electron chi connectivity index (χ0n) is 18.0. The third kappa shape index (κ3) is 4.84. The average molecular weight is 452 g/mol. The van der Waals surface area contributed by atoms with E-state index < -0.39 is 10.1 Å². The van der Waals surface area contributed by atoms with Crippen LogP contribution >= 0.6 is 0 Å². The first-order valence-electron chi connectivity index (χ1n) is 10.4. The molecule has 0 unspecified atom stereocenters. The molecule has 3 aromatic carbocycles. The lowest BCUT2D eigenvalue weighted by molar-refractivity contribution is -0.152. The van der Waals surface area contributed by atoms with E-state index in [2.05, 4.69) is 0 Å². The predicted octanol–water partition coefficient (Wildman–Crippen LogP) is 4.42. The number of amides is 1. The van der Waals surface area contributed by atoms with E-state index in [0.717, 1.165) is 16.7 Å². The number of aryl methyl sites for hydroxylation is 1. The number of carbonyl (C=O) groups excluding carboxylic acids is 1. The highest BCUT2D eigenvalue weighted by Gasteiger charge is 2.31. The molecule has 2 atom stereocenters. The smallest absolute Gasteiger partial charge is 0.339 e. The Balaban J connectivity index is 1.46.